The second kappa shape index (κ2) is 5.51. The Morgan fingerprint density at radius 2 is 1.86 bits per heavy atom. The van der Waals surface area contributed by atoms with Gasteiger partial charge in [-0.2, -0.15) is 13.5 Å². The number of carboxylic acids is 1. The molecule has 4 N–H and O–H groups in total. The average Bonchev–Trinajstić information content (AvgIpc) is 2.08. The van der Waals surface area contributed by atoms with Crippen LogP contribution in [0.1, 0.15) is 5.56 Å². The number of aromatic hydroxyl groups is 1. The molecule has 0 aliphatic rings. The molecule has 0 amide bonds. The summed E-state index contributed by atoms with van der Waals surface area (Å²) in [5.41, 5.74) is 6.12. The van der Waals surface area contributed by atoms with Crippen LogP contribution in [0.5, 0.6) is 5.75 Å². The highest BCUT2D eigenvalue weighted by molar-refractivity contribution is 7.59. The minimum Gasteiger partial charge on any atom is -0.508 e. The van der Waals surface area contributed by atoms with Gasteiger partial charge in [0.15, 0.2) is 0 Å². The van der Waals surface area contributed by atoms with Gasteiger partial charge in [0.2, 0.25) is 0 Å². The maximum atomic E-state index is 10.4. The van der Waals surface area contributed by atoms with Gasteiger partial charge in [0, 0.05) is 0 Å². The summed E-state index contributed by atoms with van der Waals surface area (Å²) in [6.45, 7) is 0. The predicted octanol–water partition coefficient (Wildman–Crippen LogP) is 0.459. The topological polar surface area (TPSA) is 83.5 Å². The molecule has 1 aromatic rings. The molecule has 0 bridgehead atoms. The zero-order valence-electron chi connectivity index (χ0n) is 7.47. The molecule has 0 heterocycles. The van der Waals surface area contributed by atoms with E-state index in [2.05, 4.69) is 0 Å². The number of rotatable bonds is 3. The van der Waals surface area contributed by atoms with Crippen molar-refractivity contribution in [2.45, 2.75) is 12.5 Å². The van der Waals surface area contributed by atoms with Gasteiger partial charge in [-0.05, 0) is 24.1 Å². The Morgan fingerprint density at radius 1 is 1.36 bits per heavy atom. The highest BCUT2D eigenvalue weighted by Gasteiger charge is 2.11. The van der Waals surface area contributed by atoms with Crippen LogP contribution in [0.25, 0.3) is 0 Å². The number of phenolic OH excluding ortho intramolecular Hbond substituents is 1. The van der Waals surface area contributed by atoms with Gasteiger partial charge in [0.1, 0.15) is 11.8 Å². The van der Waals surface area contributed by atoms with Crippen LogP contribution in [0.3, 0.4) is 0 Å². The number of benzene rings is 1. The van der Waals surface area contributed by atoms with Crippen molar-refractivity contribution in [2.75, 3.05) is 0 Å². The Kier molecular flexibility index (Phi) is 5.04. The van der Waals surface area contributed by atoms with Crippen molar-refractivity contribution in [3.63, 3.8) is 0 Å². The zero-order chi connectivity index (χ0) is 9.84. The van der Waals surface area contributed by atoms with Gasteiger partial charge >= 0.3 is 5.97 Å². The minimum atomic E-state index is -1.02. The van der Waals surface area contributed by atoms with Gasteiger partial charge in [0.05, 0.1) is 0 Å². The molecule has 0 spiro atoms. The Labute approximate surface area is 88.8 Å². The Hall–Kier alpha value is -1.20. The third-order valence-corrected chi connectivity index (χ3v) is 1.71. The maximum absolute atomic E-state index is 10.4. The molecule has 0 aliphatic carbocycles. The number of carbonyl (C=O) groups is 1. The molecule has 0 unspecified atom stereocenters. The molecule has 14 heavy (non-hydrogen) atoms. The Balaban J connectivity index is 0.00000169. The van der Waals surface area contributed by atoms with Crippen LogP contribution in [0.15, 0.2) is 24.3 Å². The Bertz CT molecular complexity index is 299. The summed E-state index contributed by atoms with van der Waals surface area (Å²) in [5, 5.41) is 17.5. The highest BCUT2D eigenvalue weighted by Crippen LogP contribution is 2.10. The van der Waals surface area contributed by atoms with E-state index in [9.17, 15) is 4.79 Å². The molecule has 0 fully saturated rings. The van der Waals surface area contributed by atoms with Gasteiger partial charge in [-0.25, -0.2) is 0 Å². The van der Waals surface area contributed by atoms with E-state index < -0.39 is 12.0 Å². The fourth-order valence-electron chi connectivity index (χ4n) is 0.973. The third-order valence-electron chi connectivity index (χ3n) is 1.71. The van der Waals surface area contributed by atoms with E-state index >= 15 is 0 Å². The van der Waals surface area contributed by atoms with E-state index in [0.29, 0.717) is 0 Å². The lowest BCUT2D eigenvalue weighted by atomic mass is 10.1. The second-order valence-electron chi connectivity index (χ2n) is 2.82. The second-order valence-corrected chi connectivity index (χ2v) is 2.82. The summed E-state index contributed by atoms with van der Waals surface area (Å²) in [4.78, 5) is 10.4. The molecule has 1 atom stereocenters. The highest BCUT2D eigenvalue weighted by atomic mass is 32.1. The van der Waals surface area contributed by atoms with Crippen LogP contribution in [0.4, 0.5) is 0 Å². The fraction of sp³-hybridized carbons (Fsp3) is 0.222. The van der Waals surface area contributed by atoms with Crippen LogP contribution in [0, 0.1) is 0 Å². The molecule has 5 heteroatoms. The number of aliphatic carboxylic acids is 1. The monoisotopic (exact) mass is 215 g/mol. The molecule has 0 aliphatic heterocycles. The van der Waals surface area contributed by atoms with Crippen LogP contribution in [0.2, 0.25) is 0 Å². The molecule has 1 aromatic carbocycles. The van der Waals surface area contributed by atoms with Crippen molar-refractivity contribution in [1.29, 1.82) is 0 Å². The van der Waals surface area contributed by atoms with Crippen LogP contribution in [-0.2, 0) is 11.2 Å². The summed E-state index contributed by atoms with van der Waals surface area (Å²) >= 11 is 0. The summed E-state index contributed by atoms with van der Waals surface area (Å²) in [6, 6.07) is 5.42. The van der Waals surface area contributed by atoms with E-state index in [4.69, 9.17) is 15.9 Å². The maximum Gasteiger partial charge on any atom is 0.320 e. The number of hydrogen-bond acceptors (Lipinski definition) is 3. The lowest BCUT2D eigenvalue weighted by Crippen LogP contribution is -2.32. The summed E-state index contributed by atoms with van der Waals surface area (Å²) in [7, 11) is 0. The van der Waals surface area contributed by atoms with Crippen LogP contribution < -0.4 is 5.73 Å². The van der Waals surface area contributed by atoms with Gasteiger partial charge in [-0.15, -0.1) is 0 Å². The van der Waals surface area contributed by atoms with Crippen LogP contribution in [-0.4, -0.2) is 22.2 Å². The first-order valence-corrected chi connectivity index (χ1v) is 3.86. The van der Waals surface area contributed by atoms with Gasteiger partial charge in [-0.1, -0.05) is 12.1 Å². The van der Waals surface area contributed by atoms with Crippen molar-refractivity contribution in [1.82, 2.24) is 0 Å². The minimum absolute atomic E-state index is 0. The fourth-order valence-corrected chi connectivity index (χ4v) is 0.973. The van der Waals surface area contributed by atoms with Crippen LogP contribution >= 0.6 is 13.5 Å². The summed E-state index contributed by atoms with van der Waals surface area (Å²) in [6.07, 6.45) is 0.273. The van der Waals surface area contributed by atoms with E-state index in [1.807, 2.05) is 0 Å². The SMILES string of the molecule is N[C@@H](Cc1ccc(O)cc1)C(=O)O.S. The lowest BCUT2D eigenvalue weighted by molar-refractivity contribution is -0.138. The van der Waals surface area contributed by atoms with Gasteiger partial charge < -0.3 is 15.9 Å². The van der Waals surface area contributed by atoms with Crippen molar-refractivity contribution < 1.29 is 15.0 Å². The molecule has 0 saturated carbocycles. The van der Waals surface area contributed by atoms with E-state index in [-0.39, 0.29) is 25.7 Å². The number of nitrogens with two attached hydrogens (primary N) is 1. The Morgan fingerprint density at radius 3 is 2.29 bits per heavy atom. The normalized spacial score (nSPS) is 11.5. The van der Waals surface area contributed by atoms with E-state index in [0.717, 1.165) is 5.56 Å². The first-order chi connectivity index (χ1) is 6.09. The average molecular weight is 215 g/mol. The largest absolute Gasteiger partial charge is 0.508 e. The van der Waals surface area contributed by atoms with Gasteiger partial charge in [-0.3, -0.25) is 4.79 Å². The molecular weight excluding hydrogens is 202 g/mol. The zero-order valence-corrected chi connectivity index (χ0v) is 8.47. The number of carboxylic acid groups (broad SMARTS) is 1. The molecule has 0 aromatic heterocycles. The van der Waals surface area contributed by atoms with Crippen molar-refractivity contribution in [3.05, 3.63) is 29.8 Å². The number of hydrogen-bond donors (Lipinski definition) is 3. The number of phenols is 1. The third kappa shape index (κ3) is 3.68. The van der Waals surface area contributed by atoms with E-state index in [1.165, 1.54) is 12.1 Å². The van der Waals surface area contributed by atoms with Crippen molar-refractivity contribution >= 4 is 19.5 Å². The standard InChI is InChI=1S/C9H11NO3.H2S/c10-8(9(12)13)5-6-1-3-7(11)4-2-6;/h1-4,8,11H,5,10H2,(H,12,13);1H2/t8-;/m0./s1. The first-order valence-electron chi connectivity index (χ1n) is 3.86. The molecular formula is C9H13NO3S. The van der Waals surface area contributed by atoms with Crippen molar-refractivity contribution in [2.24, 2.45) is 5.73 Å². The lowest BCUT2D eigenvalue weighted by Gasteiger charge is -2.05. The van der Waals surface area contributed by atoms with Crippen molar-refractivity contribution in [3.8, 4) is 5.75 Å². The van der Waals surface area contributed by atoms with Gasteiger partial charge in [0.25, 0.3) is 0 Å². The molecule has 4 nitrogen and oxygen atoms in total. The predicted molar refractivity (Wildman–Crippen MR) is 57.8 cm³/mol. The molecule has 0 radical (unpaired) electrons. The summed E-state index contributed by atoms with van der Waals surface area (Å²) in [5.74, 6) is -0.860. The van der Waals surface area contributed by atoms with E-state index in [1.54, 1.807) is 12.1 Å². The quantitative estimate of drug-likeness (QED) is 0.684. The smallest absolute Gasteiger partial charge is 0.320 e. The molecule has 0 saturated heterocycles. The molecule has 1 rings (SSSR count). The molecule has 78 valence electrons. The summed E-state index contributed by atoms with van der Waals surface area (Å²) < 4.78 is 0. The first kappa shape index (κ1) is 12.8.